The SMILES string of the molecule is CCCCCCCCCCCCCCCCCCC#CCCCCCCCCCCCCCCCCO. The lowest BCUT2D eigenvalue weighted by Gasteiger charge is -2.03. The molecule has 1 heteroatoms. The van der Waals surface area contributed by atoms with Gasteiger partial charge < -0.3 is 5.11 Å². The number of aliphatic hydroxyl groups excluding tert-OH is 1. The molecule has 0 unspecified atom stereocenters. The monoisotopic (exact) mass is 519 g/mol. The Morgan fingerprint density at radius 2 is 0.514 bits per heavy atom. The second-order valence-electron chi connectivity index (χ2n) is 11.8. The van der Waals surface area contributed by atoms with Gasteiger partial charge >= 0.3 is 0 Å². The molecule has 0 aliphatic heterocycles. The van der Waals surface area contributed by atoms with Crippen LogP contribution in [0.2, 0.25) is 0 Å². The van der Waals surface area contributed by atoms with E-state index in [2.05, 4.69) is 18.8 Å². The van der Waals surface area contributed by atoms with Gasteiger partial charge in [-0.2, -0.15) is 0 Å². The third kappa shape index (κ3) is 35.5. The third-order valence-electron chi connectivity index (χ3n) is 7.99. The number of aliphatic hydroxyl groups is 1. The van der Waals surface area contributed by atoms with Gasteiger partial charge in [-0.1, -0.05) is 180 Å². The standard InChI is InChI=1S/C36H70O/c1-2-3-4-5-6-7-8-9-10-11-12-13-14-15-16-17-18-19-20-21-22-23-24-25-26-27-28-29-30-31-32-33-34-35-36-37/h37H,2-18,21-36H2,1H3. The summed E-state index contributed by atoms with van der Waals surface area (Å²) in [5.74, 6) is 6.85. The Labute approximate surface area is 235 Å². The quantitative estimate of drug-likeness (QED) is 0.0714. The number of unbranched alkanes of at least 4 members (excludes halogenated alkanes) is 30. The van der Waals surface area contributed by atoms with Crippen molar-refractivity contribution >= 4 is 0 Å². The minimum Gasteiger partial charge on any atom is -0.396 e. The average molecular weight is 519 g/mol. The Hall–Kier alpha value is -0.480. The first-order chi connectivity index (χ1) is 18.4. The maximum absolute atomic E-state index is 8.78. The van der Waals surface area contributed by atoms with Crippen LogP contribution in [0.4, 0.5) is 0 Å². The van der Waals surface area contributed by atoms with Gasteiger partial charge in [0.25, 0.3) is 0 Å². The molecule has 0 atom stereocenters. The van der Waals surface area contributed by atoms with Crippen LogP contribution in [0.5, 0.6) is 0 Å². The fourth-order valence-corrected chi connectivity index (χ4v) is 5.38. The van der Waals surface area contributed by atoms with Gasteiger partial charge in [0.05, 0.1) is 0 Å². The first kappa shape index (κ1) is 36.5. The Bertz CT molecular complexity index is 445. The molecule has 0 fully saturated rings. The van der Waals surface area contributed by atoms with E-state index >= 15 is 0 Å². The van der Waals surface area contributed by atoms with Gasteiger partial charge in [-0.05, 0) is 19.3 Å². The van der Waals surface area contributed by atoms with E-state index in [0.717, 1.165) is 19.3 Å². The summed E-state index contributed by atoms with van der Waals surface area (Å²) in [7, 11) is 0. The van der Waals surface area contributed by atoms with Gasteiger partial charge in [-0.3, -0.25) is 0 Å². The van der Waals surface area contributed by atoms with Crippen LogP contribution in [0, 0.1) is 11.8 Å². The van der Waals surface area contributed by atoms with Crippen LogP contribution in [0.25, 0.3) is 0 Å². The van der Waals surface area contributed by atoms with Crippen molar-refractivity contribution in [1.82, 2.24) is 0 Å². The molecule has 0 rings (SSSR count). The average Bonchev–Trinajstić information content (AvgIpc) is 2.91. The zero-order chi connectivity index (χ0) is 26.7. The van der Waals surface area contributed by atoms with Crippen molar-refractivity contribution in [1.29, 1.82) is 0 Å². The number of rotatable bonds is 31. The second-order valence-corrected chi connectivity index (χ2v) is 11.8. The summed E-state index contributed by atoms with van der Waals surface area (Å²) in [5, 5.41) is 8.78. The van der Waals surface area contributed by atoms with Crippen LogP contribution >= 0.6 is 0 Å². The van der Waals surface area contributed by atoms with E-state index in [0.29, 0.717) is 6.61 Å². The zero-order valence-corrected chi connectivity index (χ0v) is 25.8. The zero-order valence-electron chi connectivity index (χ0n) is 25.8. The summed E-state index contributed by atoms with van der Waals surface area (Å²) in [6.45, 7) is 2.67. The summed E-state index contributed by atoms with van der Waals surface area (Å²) in [6.07, 6.45) is 44.2. The maximum atomic E-state index is 8.78. The highest BCUT2D eigenvalue weighted by Crippen LogP contribution is 2.15. The topological polar surface area (TPSA) is 20.2 Å². The van der Waals surface area contributed by atoms with E-state index in [4.69, 9.17) is 5.11 Å². The molecule has 1 nitrogen and oxygen atoms in total. The molecule has 0 saturated carbocycles. The molecular formula is C36H70O. The normalized spacial score (nSPS) is 11.1. The van der Waals surface area contributed by atoms with E-state index in [1.807, 2.05) is 0 Å². The van der Waals surface area contributed by atoms with Crippen molar-refractivity contribution in [3.05, 3.63) is 0 Å². The lowest BCUT2D eigenvalue weighted by molar-refractivity contribution is 0.282. The molecule has 37 heavy (non-hydrogen) atoms. The van der Waals surface area contributed by atoms with Crippen LogP contribution in [-0.2, 0) is 0 Å². The summed E-state index contributed by atoms with van der Waals surface area (Å²) in [6, 6.07) is 0. The molecule has 220 valence electrons. The molecule has 0 aromatic heterocycles. The van der Waals surface area contributed by atoms with Crippen molar-refractivity contribution in [2.24, 2.45) is 0 Å². The van der Waals surface area contributed by atoms with E-state index in [1.54, 1.807) is 0 Å². The molecule has 0 saturated heterocycles. The second kappa shape index (κ2) is 35.5. The van der Waals surface area contributed by atoms with Crippen LogP contribution in [0.15, 0.2) is 0 Å². The lowest BCUT2D eigenvalue weighted by Crippen LogP contribution is -1.85. The molecule has 0 aliphatic rings. The minimum atomic E-state index is 0.368. The van der Waals surface area contributed by atoms with Crippen LogP contribution in [-0.4, -0.2) is 11.7 Å². The van der Waals surface area contributed by atoms with Gasteiger partial charge in [-0.25, -0.2) is 0 Å². The predicted octanol–water partition coefficient (Wildman–Crippen LogP) is 12.5. The lowest BCUT2D eigenvalue weighted by atomic mass is 10.0. The molecule has 1 N–H and O–H groups in total. The fraction of sp³-hybridized carbons (Fsp3) is 0.944. The molecule has 0 aromatic carbocycles. The van der Waals surface area contributed by atoms with Crippen molar-refractivity contribution in [2.75, 3.05) is 6.61 Å². The van der Waals surface area contributed by atoms with E-state index in [-0.39, 0.29) is 0 Å². The molecule has 0 radical (unpaired) electrons. The van der Waals surface area contributed by atoms with Gasteiger partial charge in [0.15, 0.2) is 0 Å². The summed E-state index contributed by atoms with van der Waals surface area (Å²) >= 11 is 0. The number of hydrogen-bond donors (Lipinski definition) is 1. The molecule has 0 aliphatic carbocycles. The highest BCUT2D eigenvalue weighted by atomic mass is 16.2. The summed E-state index contributed by atoms with van der Waals surface area (Å²) in [4.78, 5) is 0. The third-order valence-corrected chi connectivity index (χ3v) is 7.99. The molecule has 0 amide bonds. The van der Waals surface area contributed by atoms with Crippen molar-refractivity contribution in [2.45, 2.75) is 212 Å². The van der Waals surface area contributed by atoms with Gasteiger partial charge in [-0.15, -0.1) is 11.8 Å². The van der Waals surface area contributed by atoms with Gasteiger partial charge in [0.2, 0.25) is 0 Å². The van der Waals surface area contributed by atoms with E-state index in [9.17, 15) is 0 Å². The van der Waals surface area contributed by atoms with E-state index in [1.165, 1.54) is 186 Å². The first-order valence-corrected chi connectivity index (χ1v) is 17.5. The van der Waals surface area contributed by atoms with Crippen LogP contribution < -0.4 is 0 Å². The van der Waals surface area contributed by atoms with Crippen molar-refractivity contribution < 1.29 is 5.11 Å². The highest BCUT2D eigenvalue weighted by molar-refractivity contribution is 4.98. The molecule has 0 aromatic rings. The molecule has 0 spiro atoms. The Morgan fingerprint density at radius 1 is 0.297 bits per heavy atom. The Morgan fingerprint density at radius 3 is 0.757 bits per heavy atom. The largest absolute Gasteiger partial charge is 0.396 e. The minimum absolute atomic E-state index is 0.368. The van der Waals surface area contributed by atoms with Crippen molar-refractivity contribution in [3.63, 3.8) is 0 Å². The van der Waals surface area contributed by atoms with Gasteiger partial charge in [0, 0.05) is 19.4 Å². The fourth-order valence-electron chi connectivity index (χ4n) is 5.38. The predicted molar refractivity (Wildman–Crippen MR) is 168 cm³/mol. The summed E-state index contributed by atoms with van der Waals surface area (Å²) < 4.78 is 0. The smallest absolute Gasteiger partial charge is 0.0431 e. The number of hydrogen-bond acceptors (Lipinski definition) is 1. The van der Waals surface area contributed by atoms with Crippen LogP contribution in [0.3, 0.4) is 0 Å². The first-order valence-electron chi connectivity index (χ1n) is 17.5. The Balaban J connectivity index is 3.10. The van der Waals surface area contributed by atoms with Crippen molar-refractivity contribution in [3.8, 4) is 11.8 Å². The Kier molecular flexibility index (Phi) is 35.1. The van der Waals surface area contributed by atoms with Crippen LogP contribution in [0.1, 0.15) is 212 Å². The molecule has 0 heterocycles. The molecular weight excluding hydrogens is 448 g/mol. The van der Waals surface area contributed by atoms with Gasteiger partial charge in [0.1, 0.15) is 0 Å². The summed E-state index contributed by atoms with van der Waals surface area (Å²) in [5.41, 5.74) is 0. The van der Waals surface area contributed by atoms with E-state index < -0.39 is 0 Å². The molecule has 0 bridgehead atoms. The highest BCUT2D eigenvalue weighted by Gasteiger charge is 1.96. The maximum Gasteiger partial charge on any atom is 0.0431 e.